The van der Waals surface area contributed by atoms with E-state index in [0.717, 1.165) is 37.7 Å². The molecule has 6 heteroatoms. The Morgan fingerprint density at radius 3 is 2.76 bits per heavy atom. The van der Waals surface area contributed by atoms with Gasteiger partial charge in [-0.3, -0.25) is 9.59 Å². The fourth-order valence-corrected chi connectivity index (χ4v) is 4.43. The van der Waals surface area contributed by atoms with E-state index in [-0.39, 0.29) is 17.7 Å². The van der Waals surface area contributed by atoms with E-state index in [0.29, 0.717) is 17.4 Å². The quantitative estimate of drug-likeness (QED) is 0.874. The van der Waals surface area contributed by atoms with Crippen molar-refractivity contribution in [1.82, 2.24) is 4.98 Å². The molecule has 2 aliphatic carbocycles. The third-order valence-corrected chi connectivity index (χ3v) is 5.92. The van der Waals surface area contributed by atoms with Crippen molar-refractivity contribution in [2.24, 2.45) is 11.8 Å². The first kappa shape index (κ1) is 16.3. The minimum atomic E-state index is -0.0800. The second-order valence-electron chi connectivity index (χ2n) is 7.05. The van der Waals surface area contributed by atoms with Gasteiger partial charge in [-0.15, -0.1) is 11.3 Å². The van der Waals surface area contributed by atoms with Gasteiger partial charge in [0.1, 0.15) is 5.82 Å². The van der Waals surface area contributed by atoms with Crippen molar-refractivity contribution in [3.05, 3.63) is 39.7 Å². The van der Waals surface area contributed by atoms with Crippen LogP contribution in [0.25, 0.3) is 0 Å². The first-order valence-electron chi connectivity index (χ1n) is 8.77. The number of carbonyl (C=O) groups excluding carboxylic acids is 2. The van der Waals surface area contributed by atoms with Crippen molar-refractivity contribution < 1.29 is 9.59 Å². The second-order valence-corrected chi connectivity index (χ2v) is 8.01. The van der Waals surface area contributed by atoms with E-state index in [1.807, 2.05) is 5.38 Å². The SMILES string of the molecule is C[C@H]1CCc2c(C(=O)Nc3ccc(NC(=O)C4CC4)nc3)csc2C1. The van der Waals surface area contributed by atoms with E-state index >= 15 is 0 Å². The van der Waals surface area contributed by atoms with Crippen molar-refractivity contribution in [1.29, 1.82) is 0 Å². The lowest BCUT2D eigenvalue weighted by Crippen LogP contribution is -2.17. The minimum Gasteiger partial charge on any atom is -0.321 e. The molecule has 4 rings (SSSR count). The predicted molar refractivity (Wildman–Crippen MR) is 99.1 cm³/mol. The van der Waals surface area contributed by atoms with Crippen LogP contribution >= 0.6 is 11.3 Å². The molecular formula is C19H21N3O2S. The minimum absolute atomic E-state index is 0.0309. The van der Waals surface area contributed by atoms with Crippen LogP contribution in [0.2, 0.25) is 0 Å². The first-order chi connectivity index (χ1) is 12.1. The van der Waals surface area contributed by atoms with Gasteiger partial charge in [-0.2, -0.15) is 0 Å². The maximum Gasteiger partial charge on any atom is 0.256 e. The average Bonchev–Trinajstić information content (AvgIpc) is 3.37. The zero-order valence-corrected chi connectivity index (χ0v) is 15.0. The molecule has 0 spiro atoms. The van der Waals surface area contributed by atoms with E-state index < -0.39 is 0 Å². The van der Waals surface area contributed by atoms with Gasteiger partial charge in [-0.1, -0.05) is 6.92 Å². The molecule has 0 unspecified atom stereocenters. The van der Waals surface area contributed by atoms with Gasteiger partial charge in [0.2, 0.25) is 5.91 Å². The highest BCUT2D eigenvalue weighted by Crippen LogP contribution is 2.33. The van der Waals surface area contributed by atoms with Crippen LogP contribution in [-0.4, -0.2) is 16.8 Å². The summed E-state index contributed by atoms with van der Waals surface area (Å²) in [6, 6.07) is 3.50. The molecule has 2 amide bonds. The molecule has 1 saturated carbocycles. The van der Waals surface area contributed by atoms with Crippen molar-refractivity contribution in [2.45, 2.75) is 39.0 Å². The van der Waals surface area contributed by atoms with Gasteiger partial charge in [0, 0.05) is 16.2 Å². The Balaban J connectivity index is 1.41. The number of hydrogen-bond acceptors (Lipinski definition) is 4. The number of pyridine rings is 1. The molecule has 1 fully saturated rings. The average molecular weight is 355 g/mol. The molecule has 0 radical (unpaired) electrons. The van der Waals surface area contributed by atoms with Crippen LogP contribution in [0.4, 0.5) is 11.5 Å². The third-order valence-electron chi connectivity index (χ3n) is 4.87. The molecule has 0 aliphatic heterocycles. The number of thiophene rings is 1. The highest BCUT2D eigenvalue weighted by atomic mass is 32.1. The zero-order valence-electron chi connectivity index (χ0n) is 14.2. The summed E-state index contributed by atoms with van der Waals surface area (Å²) in [6.45, 7) is 2.26. The molecule has 130 valence electrons. The predicted octanol–water partition coefficient (Wildman–Crippen LogP) is 3.87. The van der Waals surface area contributed by atoms with Crippen LogP contribution in [0.3, 0.4) is 0 Å². The number of rotatable bonds is 4. The van der Waals surface area contributed by atoms with Gasteiger partial charge in [0.05, 0.1) is 17.4 Å². The highest BCUT2D eigenvalue weighted by Gasteiger charge is 2.29. The molecule has 2 heterocycles. The van der Waals surface area contributed by atoms with Crippen LogP contribution in [0.5, 0.6) is 0 Å². The molecule has 0 saturated heterocycles. The molecule has 2 N–H and O–H groups in total. The largest absolute Gasteiger partial charge is 0.321 e. The molecule has 25 heavy (non-hydrogen) atoms. The second kappa shape index (κ2) is 6.59. The number of hydrogen-bond donors (Lipinski definition) is 2. The smallest absolute Gasteiger partial charge is 0.256 e. The maximum atomic E-state index is 12.6. The van der Waals surface area contributed by atoms with Crippen LogP contribution in [0.15, 0.2) is 23.7 Å². The van der Waals surface area contributed by atoms with Crippen molar-refractivity contribution in [3.8, 4) is 0 Å². The van der Waals surface area contributed by atoms with Crippen LogP contribution < -0.4 is 10.6 Å². The molecular weight excluding hydrogens is 334 g/mol. The lowest BCUT2D eigenvalue weighted by Gasteiger charge is -2.18. The van der Waals surface area contributed by atoms with Crippen LogP contribution in [0.1, 0.15) is 47.0 Å². The number of carbonyl (C=O) groups is 2. The van der Waals surface area contributed by atoms with Gasteiger partial charge in [0.15, 0.2) is 0 Å². The number of nitrogens with zero attached hydrogens (tertiary/aromatic N) is 1. The molecule has 0 aromatic carbocycles. The van der Waals surface area contributed by atoms with Gasteiger partial charge in [0.25, 0.3) is 5.91 Å². The summed E-state index contributed by atoms with van der Waals surface area (Å²) in [5.74, 6) is 1.32. The standard InChI is InChI=1S/C19H21N3O2S/c1-11-2-6-14-15(10-25-16(14)8-11)19(24)21-13-5-7-17(20-9-13)22-18(23)12-3-4-12/h5,7,9-12H,2-4,6,8H2,1H3,(H,21,24)(H,20,22,23)/t11-/m0/s1. The Morgan fingerprint density at radius 2 is 2.04 bits per heavy atom. The van der Waals surface area contributed by atoms with Crippen LogP contribution in [0, 0.1) is 11.8 Å². The third kappa shape index (κ3) is 3.58. The van der Waals surface area contributed by atoms with Crippen molar-refractivity contribution in [2.75, 3.05) is 10.6 Å². The molecule has 2 aromatic heterocycles. The lowest BCUT2D eigenvalue weighted by atomic mass is 9.88. The molecule has 2 aliphatic rings. The summed E-state index contributed by atoms with van der Waals surface area (Å²) in [4.78, 5) is 29.9. The topological polar surface area (TPSA) is 71.1 Å². The first-order valence-corrected chi connectivity index (χ1v) is 9.65. The maximum absolute atomic E-state index is 12.6. The Morgan fingerprint density at radius 1 is 1.20 bits per heavy atom. The van der Waals surface area contributed by atoms with E-state index in [2.05, 4.69) is 22.5 Å². The summed E-state index contributed by atoms with van der Waals surface area (Å²) in [6.07, 6.45) is 6.70. The van der Waals surface area contributed by atoms with Gasteiger partial charge in [-0.05, 0) is 55.7 Å². The summed E-state index contributed by atoms with van der Waals surface area (Å²) in [5, 5.41) is 7.68. The van der Waals surface area contributed by atoms with Crippen LogP contribution in [-0.2, 0) is 17.6 Å². The number of nitrogens with one attached hydrogen (secondary N) is 2. The van der Waals surface area contributed by atoms with Gasteiger partial charge < -0.3 is 10.6 Å². The lowest BCUT2D eigenvalue weighted by molar-refractivity contribution is -0.117. The van der Waals surface area contributed by atoms with E-state index in [1.165, 1.54) is 10.4 Å². The molecule has 0 bridgehead atoms. The molecule has 5 nitrogen and oxygen atoms in total. The Labute approximate surface area is 150 Å². The number of amides is 2. The Bertz CT molecular complexity index is 809. The number of anilines is 2. The summed E-state index contributed by atoms with van der Waals surface area (Å²) in [5.41, 5.74) is 2.64. The summed E-state index contributed by atoms with van der Waals surface area (Å²) < 4.78 is 0. The van der Waals surface area contributed by atoms with E-state index in [4.69, 9.17) is 0 Å². The normalized spacial score (nSPS) is 19.2. The van der Waals surface area contributed by atoms with Gasteiger partial charge in [-0.25, -0.2) is 4.98 Å². The highest BCUT2D eigenvalue weighted by molar-refractivity contribution is 7.10. The zero-order chi connectivity index (χ0) is 17.4. The Hall–Kier alpha value is -2.21. The molecule has 2 aromatic rings. The van der Waals surface area contributed by atoms with Crippen molar-refractivity contribution in [3.63, 3.8) is 0 Å². The molecule has 1 atom stereocenters. The number of aromatic nitrogens is 1. The van der Waals surface area contributed by atoms with Crippen molar-refractivity contribution >= 4 is 34.7 Å². The van der Waals surface area contributed by atoms with Gasteiger partial charge >= 0.3 is 0 Å². The fourth-order valence-electron chi connectivity index (χ4n) is 3.18. The fraction of sp³-hybridized carbons (Fsp3) is 0.421. The summed E-state index contributed by atoms with van der Waals surface area (Å²) in [7, 11) is 0. The summed E-state index contributed by atoms with van der Waals surface area (Å²) >= 11 is 1.69. The monoisotopic (exact) mass is 355 g/mol. The Kier molecular flexibility index (Phi) is 4.29. The van der Waals surface area contributed by atoms with E-state index in [1.54, 1.807) is 29.7 Å². The number of fused-ring (bicyclic) bond motifs is 1. The van der Waals surface area contributed by atoms with E-state index in [9.17, 15) is 9.59 Å².